The molecule has 0 radical (unpaired) electrons. The second kappa shape index (κ2) is 13.6. The van der Waals surface area contributed by atoms with Gasteiger partial charge < -0.3 is 13.7 Å². The lowest BCUT2D eigenvalue weighted by atomic mass is 9.96. The van der Waals surface area contributed by atoms with Crippen molar-refractivity contribution in [1.29, 1.82) is 0 Å². The Balaban J connectivity index is 1.09. The van der Waals surface area contributed by atoms with Crippen LogP contribution in [0.25, 0.3) is 88.4 Å². The van der Waals surface area contributed by atoms with Crippen LogP contribution in [-0.2, 0) is 0 Å². The minimum atomic E-state index is 0.848. The Morgan fingerprint density at radius 3 is 1.28 bits per heavy atom. The average molecular weight is 730 g/mol. The van der Waals surface area contributed by atoms with Crippen LogP contribution in [0.5, 0.6) is 0 Å². The topological polar surface area (TPSA) is 29.5 Å². The van der Waals surface area contributed by atoms with Crippen LogP contribution in [0.2, 0.25) is 0 Å². The van der Waals surface area contributed by atoms with E-state index in [1.165, 1.54) is 22.3 Å². The normalized spacial score (nSPS) is 11.5. The van der Waals surface area contributed by atoms with Crippen molar-refractivity contribution >= 4 is 60.9 Å². The molecule has 2 heterocycles. The number of furan rings is 2. The first-order valence-electron chi connectivity index (χ1n) is 19.3. The first-order valence-corrected chi connectivity index (χ1v) is 19.3. The largest absolute Gasteiger partial charge is 0.456 e. The zero-order valence-electron chi connectivity index (χ0n) is 31.0. The van der Waals surface area contributed by atoms with E-state index in [1.807, 2.05) is 24.3 Å². The Hall–Kier alpha value is -7.62. The van der Waals surface area contributed by atoms with Gasteiger partial charge in [0.2, 0.25) is 0 Å². The highest BCUT2D eigenvalue weighted by Gasteiger charge is 2.22. The van der Waals surface area contributed by atoms with Crippen LogP contribution < -0.4 is 4.90 Å². The summed E-state index contributed by atoms with van der Waals surface area (Å²) in [5, 5.41) is 4.34. The van der Waals surface area contributed by atoms with Crippen LogP contribution in [0.3, 0.4) is 0 Å². The van der Waals surface area contributed by atoms with E-state index in [1.54, 1.807) is 0 Å². The molecule has 0 unspecified atom stereocenters. The molecule has 0 bridgehead atoms. The van der Waals surface area contributed by atoms with Gasteiger partial charge in [0.05, 0.1) is 0 Å². The van der Waals surface area contributed by atoms with Crippen LogP contribution in [0, 0.1) is 0 Å². The first kappa shape index (κ1) is 32.8. The summed E-state index contributed by atoms with van der Waals surface area (Å²) >= 11 is 0. The van der Waals surface area contributed by atoms with E-state index in [0.717, 1.165) is 83.2 Å². The highest BCUT2D eigenvalue weighted by atomic mass is 16.3. The molecule has 0 aliphatic carbocycles. The SMILES string of the molecule is c1ccc(-c2ccc(N(c3ccc(-c4cc5oc6ccccc6c5c5c4oc4ccccc45)cc3)c3cc(-c4ccccc4)cc(-c4ccccc4)c3)cc2)cc1. The number of benzene rings is 9. The molecule has 3 heteroatoms. The summed E-state index contributed by atoms with van der Waals surface area (Å²) in [5.74, 6) is 0. The molecule has 0 spiro atoms. The van der Waals surface area contributed by atoms with Crippen molar-refractivity contribution in [2.45, 2.75) is 0 Å². The fraction of sp³-hybridized carbons (Fsp3) is 0. The van der Waals surface area contributed by atoms with Crippen molar-refractivity contribution in [1.82, 2.24) is 0 Å². The maximum Gasteiger partial charge on any atom is 0.144 e. The van der Waals surface area contributed by atoms with Gasteiger partial charge in [-0.3, -0.25) is 0 Å². The molecule has 9 aromatic carbocycles. The van der Waals surface area contributed by atoms with E-state index in [4.69, 9.17) is 8.83 Å². The summed E-state index contributed by atoms with van der Waals surface area (Å²) in [4.78, 5) is 2.36. The Morgan fingerprint density at radius 1 is 0.281 bits per heavy atom. The molecule has 0 aliphatic heterocycles. The summed E-state index contributed by atoms with van der Waals surface area (Å²) in [6.07, 6.45) is 0. The maximum atomic E-state index is 6.69. The second-order valence-corrected chi connectivity index (χ2v) is 14.5. The summed E-state index contributed by atoms with van der Waals surface area (Å²) in [5.41, 5.74) is 15.7. The first-order chi connectivity index (χ1) is 28.2. The van der Waals surface area contributed by atoms with E-state index in [-0.39, 0.29) is 0 Å². The van der Waals surface area contributed by atoms with Crippen LogP contribution in [-0.4, -0.2) is 0 Å². The lowest BCUT2D eigenvalue weighted by molar-refractivity contribution is 0.664. The minimum Gasteiger partial charge on any atom is -0.456 e. The highest BCUT2D eigenvalue weighted by molar-refractivity contribution is 6.28. The lowest BCUT2D eigenvalue weighted by Gasteiger charge is -2.27. The van der Waals surface area contributed by atoms with Crippen molar-refractivity contribution in [2.75, 3.05) is 4.90 Å². The number of anilines is 3. The molecule has 11 aromatic rings. The fourth-order valence-electron chi connectivity index (χ4n) is 8.32. The number of hydrogen-bond acceptors (Lipinski definition) is 3. The number of para-hydroxylation sites is 2. The molecule has 0 amide bonds. The Kier molecular flexibility index (Phi) is 7.82. The standard InChI is InChI=1S/C54H35NO2/c1-4-14-36(15-5-1)39-24-28-43(29-25-39)55(45-33-41(37-16-6-2-7-17-37)32-42(34-45)38-18-8-3-9-19-38)44-30-26-40(27-31-44)48-35-51-52(46-20-10-12-22-49(46)56-51)53-47-21-11-13-23-50(47)57-54(48)53/h1-35H. The van der Waals surface area contributed by atoms with E-state index in [9.17, 15) is 0 Å². The van der Waals surface area contributed by atoms with Gasteiger partial charge in [0.1, 0.15) is 22.3 Å². The van der Waals surface area contributed by atoms with Crippen molar-refractivity contribution in [2.24, 2.45) is 0 Å². The predicted molar refractivity (Wildman–Crippen MR) is 237 cm³/mol. The fourth-order valence-corrected chi connectivity index (χ4v) is 8.32. The van der Waals surface area contributed by atoms with Gasteiger partial charge in [-0.2, -0.15) is 0 Å². The number of hydrogen-bond donors (Lipinski definition) is 0. The monoisotopic (exact) mass is 729 g/mol. The summed E-state index contributed by atoms with van der Waals surface area (Å²) in [6, 6.07) is 75.1. The average Bonchev–Trinajstić information content (AvgIpc) is 3.86. The van der Waals surface area contributed by atoms with E-state index < -0.39 is 0 Å². The smallest absolute Gasteiger partial charge is 0.144 e. The van der Waals surface area contributed by atoms with Crippen LogP contribution in [0.1, 0.15) is 0 Å². The number of nitrogens with zero attached hydrogens (tertiary/aromatic N) is 1. The van der Waals surface area contributed by atoms with Gasteiger partial charge in [-0.05, 0) is 99.6 Å². The third-order valence-corrected chi connectivity index (χ3v) is 11.0. The third kappa shape index (κ3) is 5.76. The molecule has 2 aromatic heterocycles. The minimum absolute atomic E-state index is 0.848. The number of fused-ring (bicyclic) bond motifs is 7. The molecule has 0 atom stereocenters. The predicted octanol–water partition coefficient (Wildman–Crippen LogP) is 15.6. The quantitative estimate of drug-likeness (QED) is 0.164. The molecule has 0 saturated heterocycles. The summed E-state index contributed by atoms with van der Waals surface area (Å²) < 4.78 is 13.2. The van der Waals surface area contributed by atoms with E-state index >= 15 is 0 Å². The molecule has 0 saturated carbocycles. The zero-order valence-corrected chi connectivity index (χ0v) is 31.0. The van der Waals surface area contributed by atoms with Crippen molar-refractivity contribution in [3.05, 3.63) is 212 Å². The highest BCUT2D eigenvalue weighted by Crippen LogP contribution is 2.46. The molecular weight excluding hydrogens is 695 g/mol. The van der Waals surface area contributed by atoms with Gasteiger partial charge >= 0.3 is 0 Å². The molecule has 0 aliphatic rings. The zero-order chi connectivity index (χ0) is 37.7. The third-order valence-electron chi connectivity index (χ3n) is 11.0. The summed E-state index contributed by atoms with van der Waals surface area (Å²) in [6.45, 7) is 0. The Morgan fingerprint density at radius 2 is 0.719 bits per heavy atom. The molecule has 57 heavy (non-hydrogen) atoms. The van der Waals surface area contributed by atoms with Crippen LogP contribution in [0.4, 0.5) is 17.1 Å². The van der Waals surface area contributed by atoms with Crippen LogP contribution >= 0.6 is 0 Å². The molecule has 0 fully saturated rings. The van der Waals surface area contributed by atoms with Gasteiger partial charge in [-0.15, -0.1) is 0 Å². The molecule has 3 nitrogen and oxygen atoms in total. The van der Waals surface area contributed by atoms with Crippen LogP contribution in [0.15, 0.2) is 221 Å². The Labute approximate surface area is 330 Å². The van der Waals surface area contributed by atoms with Gasteiger partial charge in [0, 0.05) is 44.2 Å². The van der Waals surface area contributed by atoms with E-state index in [0.29, 0.717) is 0 Å². The van der Waals surface area contributed by atoms with Gasteiger partial charge in [0.25, 0.3) is 0 Å². The molecule has 11 rings (SSSR count). The summed E-state index contributed by atoms with van der Waals surface area (Å²) in [7, 11) is 0. The molecular formula is C54H35NO2. The maximum absolute atomic E-state index is 6.69. The molecule has 0 N–H and O–H groups in total. The molecule has 268 valence electrons. The second-order valence-electron chi connectivity index (χ2n) is 14.5. The van der Waals surface area contributed by atoms with Gasteiger partial charge in [-0.1, -0.05) is 152 Å². The van der Waals surface area contributed by atoms with Crippen molar-refractivity contribution < 1.29 is 8.83 Å². The van der Waals surface area contributed by atoms with Crippen molar-refractivity contribution in [3.8, 4) is 44.5 Å². The van der Waals surface area contributed by atoms with E-state index in [2.05, 4.69) is 193 Å². The number of rotatable bonds is 7. The Bertz CT molecular complexity index is 3140. The van der Waals surface area contributed by atoms with Gasteiger partial charge in [0.15, 0.2) is 0 Å². The lowest BCUT2D eigenvalue weighted by Crippen LogP contribution is -2.10. The van der Waals surface area contributed by atoms with Gasteiger partial charge in [-0.25, -0.2) is 0 Å². The van der Waals surface area contributed by atoms with Crippen molar-refractivity contribution in [3.63, 3.8) is 0 Å².